The number of nitrogens with zero attached hydrogens (tertiary/aromatic N) is 2. The van der Waals surface area contributed by atoms with E-state index in [-0.39, 0.29) is 0 Å². The smallest absolute Gasteiger partial charge is 0.157 e. The van der Waals surface area contributed by atoms with E-state index in [4.69, 9.17) is 5.26 Å². The Hall–Kier alpha value is -1.47. The zero-order chi connectivity index (χ0) is 12.1. The van der Waals surface area contributed by atoms with Crippen LogP contribution in [0.5, 0.6) is 0 Å². The quantitative estimate of drug-likeness (QED) is 0.890. The fourth-order valence-corrected chi connectivity index (χ4v) is 2.73. The summed E-state index contributed by atoms with van der Waals surface area (Å²) in [6.07, 6.45) is 1.13. The Bertz CT molecular complexity index is 462. The molecule has 88 valence electrons. The molecule has 1 heterocycles. The second-order valence-corrected chi connectivity index (χ2v) is 5.00. The standard InChI is InChI=1S/C13H15N3S/c1-2-12-9-17-13(16-12)15-8-11-5-3-4-10(6-11)7-14/h3-6,12H,2,8-9H2,1H3,(H,15,16). The Morgan fingerprint density at radius 1 is 1.59 bits per heavy atom. The van der Waals surface area contributed by atoms with Gasteiger partial charge in [0.1, 0.15) is 0 Å². The average Bonchev–Trinajstić information content (AvgIpc) is 2.84. The predicted octanol–water partition coefficient (Wildman–Crippen LogP) is 2.53. The zero-order valence-electron chi connectivity index (χ0n) is 9.81. The Morgan fingerprint density at radius 3 is 3.18 bits per heavy atom. The lowest BCUT2D eigenvalue weighted by atomic mass is 10.1. The summed E-state index contributed by atoms with van der Waals surface area (Å²) in [5.41, 5.74) is 1.78. The number of amidine groups is 1. The average molecular weight is 245 g/mol. The van der Waals surface area contributed by atoms with Crippen molar-refractivity contribution in [2.24, 2.45) is 4.99 Å². The number of rotatable bonds is 3. The Labute approximate surface area is 106 Å². The third-order valence-electron chi connectivity index (χ3n) is 2.70. The van der Waals surface area contributed by atoms with Gasteiger partial charge in [0, 0.05) is 11.8 Å². The van der Waals surface area contributed by atoms with Crippen LogP contribution in [-0.4, -0.2) is 17.0 Å². The topological polar surface area (TPSA) is 48.2 Å². The minimum atomic E-state index is 0.559. The van der Waals surface area contributed by atoms with Crippen molar-refractivity contribution in [1.29, 1.82) is 5.26 Å². The van der Waals surface area contributed by atoms with Crippen molar-refractivity contribution in [3.63, 3.8) is 0 Å². The third kappa shape index (κ3) is 3.24. The molecule has 1 fully saturated rings. The Morgan fingerprint density at radius 2 is 2.47 bits per heavy atom. The van der Waals surface area contributed by atoms with E-state index >= 15 is 0 Å². The van der Waals surface area contributed by atoms with Gasteiger partial charge in [0.25, 0.3) is 0 Å². The van der Waals surface area contributed by atoms with Crippen molar-refractivity contribution in [3.8, 4) is 6.07 Å². The van der Waals surface area contributed by atoms with Gasteiger partial charge in [-0.25, -0.2) is 0 Å². The highest BCUT2D eigenvalue weighted by atomic mass is 32.2. The summed E-state index contributed by atoms with van der Waals surface area (Å²) in [6, 6.07) is 10.3. The predicted molar refractivity (Wildman–Crippen MR) is 72.0 cm³/mol. The first kappa shape index (κ1) is 12.0. The van der Waals surface area contributed by atoms with Gasteiger partial charge < -0.3 is 5.32 Å². The lowest BCUT2D eigenvalue weighted by Crippen LogP contribution is -2.25. The van der Waals surface area contributed by atoms with Gasteiger partial charge in [-0.2, -0.15) is 5.26 Å². The molecule has 1 aliphatic heterocycles. The highest BCUT2D eigenvalue weighted by Gasteiger charge is 2.17. The first-order chi connectivity index (χ1) is 8.31. The molecule has 3 nitrogen and oxygen atoms in total. The number of nitriles is 1. The minimum absolute atomic E-state index is 0.559. The summed E-state index contributed by atoms with van der Waals surface area (Å²) < 4.78 is 0. The molecule has 1 unspecified atom stereocenters. The van der Waals surface area contributed by atoms with Crippen LogP contribution in [0.25, 0.3) is 0 Å². The second-order valence-electron chi connectivity index (χ2n) is 3.99. The van der Waals surface area contributed by atoms with E-state index in [1.54, 1.807) is 11.8 Å². The summed E-state index contributed by atoms with van der Waals surface area (Å²) in [5, 5.41) is 13.2. The van der Waals surface area contributed by atoms with E-state index in [2.05, 4.69) is 23.3 Å². The zero-order valence-corrected chi connectivity index (χ0v) is 10.6. The second kappa shape index (κ2) is 5.74. The van der Waals surface area contributed by atoms with Crippen molar-refractivity contribution in [3.05, 3.63) is 35.4 Å². The van der Waals surface area contributed by atoms with Crippen LogP contribution in [0.3, 0.4) is 0 Å². The number of aliphatic imine (C=N–C) groups is 1. The molecule has 1 atom stereocenters. The van der Waals surface area contributed by atoms with Gasteiger partial charge in [0.2, 0.25) is 0 Å². The molecule has 1 aliphatic rings. The first-order valence-corrected chi connectivity index (χ1v) is 6.73. The van der Waals surface area contributed by atoms with E-state index < -0.39 is 0 Å². The largest absolute Gasteiger partial charge is 0.361 e. The van der Waals surface area contributed by atoms with Crippen LogP contribution in [0.15, 0.2) is 29.3 Å². The maximum atomic E-state index is 8.81. The fraction of sp³-hybridized carbons (Fsp3) is 0.385. The molecule has 2 rings (SSSR count). The Kier molecular flexibility index (Phi) is 4.05. The third-order valence-corrected chi connectivity index (χ3v) is 3.79. The molecule has 0 aliphatic carbocycles. The maximum absolute atomic E-state index is 8.81. The molecule has 1 N–H and O–H groups in total. The van der Waals surface area contributed by atoms with Crippen molar-refractivity contribution in [1.82, 2.24) is 5.32 Å². The van der Waals surface area contributed by atoms with E-state index in [9.17, 15) is 0 Å². The van der Waals surface area contributed by atoms with Crippen molar-refractivity contribution >= 4 is 16.9 Å². The molecule has 1 aromatic rings. The fourth-order valence-electron chi connectivity index (χ4n) is 1.65. The lowest BCUT2D eigenvalue weighted by molar-refractivity contribution is 0.667. The highest BCUT2D eigenvalue weighted by molar-refractivity contribution is 8.14. The van der Waals surface area contributed by atoms with Crippen LogP contribution in [0.2, 0.25) is 0 Å². The van der Waals surface area contributed by atoms with Crippen molar-refractivity contribution in [2.45, 2.75) is 25.9 Å². The number of benzene rings is 1. The summed E-state index contributed by atoms with van der Waals surface area (Å²) in [6.45, 7) is 2.82. The molecule has 1 saturated heterocycles. The molecule has 0 amide bonds. The van der Waals surface area contributed by atoms with Crippen molar-refractivity contribution in [2.75, 3.05) is 5.75 Å². The van der Waals surface area contributed by atoms with Crippen LogP contribution >= 0.6 is 11.8 Å². The van der Waals surface area contributed by atoms with Gasteiger partial charge in [-0.1, -0.05) is 30.8 Å². The van der Waals surface area contributed by atoms with Gasteiger partial charge in [-0.05, 0) is 24.1 Å². The molecule has 0 spiro atoms. The normalized spacial score (nSPS) is 21.2. The van der Waals surface area contributed by atoms with Crippen LogP contribution in [-0.2, 0) is 6.54 Å². The van der Waals surface area contributed by atoms with Crippen LogP contribution < -0.4 is 5.32 Å². The highest BCUT2D eigenvalue weighted by Crippen LogP contribution is 2.16. The molecule has 4 heteroatoms. The van der Waals surface area contributed by atoms with Crippen LogP contribution in [0, 0.1) is 11.3 Å². The lowest BCUT2D eigenvalue weighted by Gasteiger charge is -2.04. The first-order valence-electron chi connectivity index (χ1n) is 5.74. The molecule has 17 heavy (non-hydrogen) atoms. The number of nitrogens with one attached hydrogen (secondary N) is 1. The van der Waals surface area contributed by atoms with Gasteiger partial charge >= 0.3 is 0 Å². The van der Waals surface area contributed by atoms with Gasteiger partial charge in [0.15, 0.2) is 5.17 Å². The van der Waals surface area contributed by atoms with Crippen LogP contribution in [0.4, 0.5) is 0 Å². The molecule has 0 aromatic heterocycles. The van der Waals surface area contributed by atoms with Crippen LogP contribution in [0.1, 0.15) is 24.5 Å². The van der Waals surface area contributed by atoms with Gasteiger partial charge in [0.05, 0.1) is 18.2 Å². The summed E-state index contributed by atoms with van der Waals surface area (Å²) in [4.78, 5) is 4.53. The summed E-state index contributed by atoms with van der Waals surface area (Å²) in [7, 11) is 0. The molecule has 0 radical (unpaired) electrons. The SMILES string of the molecule is CCC1CSC(=NCc2cccc(C#N)c2)N1. The van der Waals surface area contributed by atoms with E-state index in [1.165, 1.54) is 0 Å². The summed E-state index contributed by atoms with van der Waals surface area (Å²) in [5.74, 6) is 1.10. The number of thioether (sulfide) groups is 1. The summed E-state index contributed by atoms with van der Waals surface area (Å²) >= 11 is 1.78. The maximum Gasteiger partial charge on any atom is 0.157 e. The molecule has 0 bridgehead atoms. The molecule has 0 saturated carbocycles. The van der Waals surface area contributed by atoms with Gasteiger partial charge in [-0.15, -0.1) is 0 Å². The monoisotopic (exact) mass is 245 g/mol. The molecule has 1 aromatic carbocycles. The van der Waals surface area contributed by atoms with Crippen molar-refractivity contribution < 1.29 is 0 Å². The van der Waals surface area contributed by atoms with Gasteiger partial charge in [-0.3, -0.25) is 4.99 Å². The van der Waals surface area contributed by atoms with E-state index in [0.29, 0.717) is 18.2 Å². The molecular weight excluding hydrogens is 230 g/mol. The minimum Gasteiger partial charge on any atom is -0.361 e. The van der Waals surface area contributed by atoms with E-state index in [1.807, 2.05) is 24.3 Å². The van der Waals surface area contributed by atoms with E-state index in [0.717, 1.165) is 22.9 Å². The Balaban J connectivity index is 1.98. The molecular formula is C13H15N3S. The number of hydrogen-bond acceptors (Lipinski definition) is 3. The number of hydrogen-bond donors (Lipinski definition) is 1.